The van der Waals surface area contributed by atoms with E-state index in [0.717, 1.165) is 0 Å². The largest absolute Gasteiger partial charge is 0.480 e. The molecule has 0 saturated carbocycles. The predicted octanol–water partition coefficient (Wildman–Crippen LogP) is 0.456. The standard InChI is InChI=1S/C8H20N2O2Si/c1-13(2,3)6(4-5-9)7(10)8(11)12/h6-7H,4-5,9-10H2,1-3H3,(H,11,12)/t6?,7-/m0/s1. The van der Waals surface area contributed by atoms with E-state index < -0.39 is 20.1 Å². The van der Waals surface area contributed by atoms with Crippen molar-refractivity contribution < 1.29 is 9.90 Å². The summed E-state index contributed by atoms with van der Waals surface area (Å²) in [5.41, 5.74) is 11.1. The van der Waals surface area contributed by atoms with Gasteiger partial charge in [0.15, 0.2) is 0 Å². The molecule has 0 amide bonds. The lowest BCUT2D eigenvalue weighted by atomic mass is 10.1. The van der Waals surface area contributed by atoms with Gasteiger partial charge in [-0.15, -0.1) is 0 Å². The minimum Gasteiger partial charge on any atom is -0.480 e. The van der Waals surface area contributed by atoms with Crippen LogP contribution in [0.1, 0.15) is 6.42 Å². The number of carboxylic acids is 1. The molecule has 5 N–H and O–H groups in total. The molecule has 0 aromatic rings. The molecule has 0 saturated heterocycles. The highest BCUT2D eigenvalue weighted by molar-refractivity contribution is 6.78. The van der Waals surface area contributed by atoms with Crippen molar-refractivity contribution >= 4 is 14.0 Å². The van der Waals surface area contributed by atoms with Gasteiger partial charge in [-0.3, -0.25) is 4.79 Å². The lowest BCUT2D eigenvalue weighted by Gasteiger charge is -2.31. The molecule has 0 spiro atoms. The first kappa shape index (κ1) is 12.6. The third kappa shape index (κ3) is 3.88. The smallest absolute Gasteiger partial charge is 0.320 e. The van der Waals surface area contributed by atoms with Crippen molar-refractivity contribution in [1.82, 2.24) is 0 Å². The van der Waals surface area contributed by atoms with Crippen LogP contribution >= 0.6 is 0 Å². The Kier molecular flexibility index (Phi) is 4.59. The SMILES string of the molecule is C[Si](C)(C)C(CCN)[C@H](N)C(=O)O. The van der Waals surface area contributed by atoms with Crippen LogP contribution in [0.25, 0.3) is 0 Å². The van der Waals surface area contributed by atoms with Gasteiger partial charge in [-0.1, -0.05) is 19.6 Å². The summed E-state index contributed by atoms with van der Waals surface area (Å²) in [6.45, 7) is 6.87. The van der Waals surface area contributed by atoms with E-state index in [1.165, 1.54) is 0 Å². The van der Waals surface area contributed by atoms with Gasteiger partial charge in [0.1, 0.15) is 6.04 Å². The van der Waals surface area contributed by atoms with Gasteiger partial charge in [0.25, 0.3) is 0 Å². The fourth-order valence-corrected chi connectivity index (χ4v) is 3.76. The minimum absolute atomic E-state index is 0.0648. The Balaban J connectivity index is 4.51. The number of rotatable bonds is 5. The van der Waals surface area contributed by atoms with Gasteiger partial charge >= 0.3 is 5.97 Å². The second-order valence-electron chi connectivity index (χ2n) is 4.41. The molecule has 4 nitrogen and oxygen atoms in total. The molecule has 5 heteroatoms. The average Bonchev–Trinajstić information content (AvgIpc) is 1.96. The van der Waals surface area contributed by atoms with Crippen molar-refractivity contribution in [2.75, 3.05) is 6.54 Å². The number of hydrogen-bond acceptors (Lipinski definition) is 3. The van der Waals surface area contributed by atoms with Crippen LogP contribution in [-0.4, -0.2) is 31.7 Å². The van der Waals surface area contributed by atoms with Gasteiger partial charge in [0, 0.05) is 8.07 Å². The lowest BCUT2D eigenvalue weighted by molar-refractivity contribution is -0.138. The first-order valence-corrected chi connectivity index (χ1v) is 8.07. The van der Waals surface area contributed by atoms with Gasteiger partial charge in [-0.05, 0) is 18.5 Å². The van der Waals surface area contributed by atoms with Crippen LogP contribution in [0.2, 0.25) is 25.2 Å². The van der Waals surface area contributed by atoms with Crippen LogP contribution in [0.3, 0.4) is 0 Å². The first-order valence-electron chi connectivity index (χ1n) is 4.49. The van der Waals surface area contributed by atoms with E-state index in [4.69, 9.17) is 16.6 Å². The van der Waals surface area contributed by atoms with E-state index >= 15 is 0 Å². The van der Waals surface area contributed by atoms with Crippen LogP contribution < -0.4 is 11.5 Å². The zero-order chi connectivity index (χ0) is 10.6. The summed E-state index contributed by atoms with van der Waals surface area (Å²) >= 11 is 0. The predicted molar refractivity (Wildman–Crippen MR) is 56.4 cm³/mol. The number of nitrogens with two attached hydrogens (primary N) is 2. The Bertz CT molecular complexity index is 179. The van der Waals surface area contributed by atoms with Crippen molar-refractivity contribution in [3.63, 3.8) is 0 Å². The summed E-state index contributed by atoms with van der Waals surface area (Å²) in [5, 5.41) is 8.80. The molecule has 0 rings (SSSR count). The molecule has 0 aliphatic carbocycles. The summed E-state index contributed by atoms with van der Waals surface area (Å²) in [6, 6.07) is -0.754. The van der Waals surface area contributed by atoms with E-state index in [0.29, 0.717) is 13.0 Å². The Morgan fingerprint density at radius 1 is 1.46 bits per heavy atom. The van der Waals surface area contributed by atoms with E-state index in [1.54, 1.807) is 0 Å². The van der Waals surface area contributed by atoms with Gasteiger partial charge in [-0.2, -0.15) is 0 Å². The van der Waals surface area contributed by atoms with Crippen molar-refractivity contribution in [2.45, 2.75) is 37.6 Å². The third-order valence-electron chi connectivity index (χ3n) is 2.31. The van der Waals surface area contributed by atoms with Gasteiger partial charge in [0.2, 0.25) is 0 Å². The monoisotopic (exact) mass is 204 g/mol. The molecular formula is C8H20N2O2Si. The summed E-state index contributed by atoms with van der Waals surface area (Å²) in [6.07, 6.45) is 0.711. The zero-order valence-electron chi connectivity index (χ0n) is 8.58. The maximum Gasteiger partial charge on any atom is 0.320 e. The number of hydrogen-bond donors (Lipinski definition) is 3. The number of carboxylic acid groups (broad SMARTS) is 1. The van der Waals surface area contributed by atoms with Crippen molar-refractivity contribution in [3.05, 3.63) is 0 Å². The number of aliphatic carboxylic acids is 1. The summed E-state index contributed by atoms with van der Waals surface area (Å²) in [4.78, 5) is 10.7. The van der Waals surface area contributed by atoms with Crippen molar-refractivity contribution in [2.24, 2.45) is 11.5 Å². The minimum atomic E-state index is -1.52. The summed E-state index contributed by atoms with van der Waals surface area (Å²) < 4.78 is 0. The third-order valence-corrected chi connectivity index (χ3v) is 5.18. The average molecular weight is 204 g/mol. The highest BCUT2D eigenvalue weighted by atomic mass is 28.3. The quantitative estimate of drug-likeness (QED) is 0.567. The van der Waals surface area contributed by atoms with Crippen LogP contribution in [0.5, 0.6) is 0 Å². The normalized spacial score (nSPS) is 16.7. The Hall–Kier alpha value is -0.393. The van der Waals surface area contributed by atoms with Crippen LogP contribution in [0, 0.1) is 0 Å². The maximum absolute atomic E-state index is 10.7. The van der Waals surface area contributed by atoms with Gasteiger partial charge in [-0.25, -0.2) is 0 Å². The molecule has 2 atom stereocenters. The lowest BCUT2D eigenvalue weighted by Crippen LogP contribution is -2.46. The molecule has 0 aromatic carbocycles. The first-order chi connectivity index (χ1) is 5.80. The second-order valence-corrected chi connectivity index (χ2v) is 9.89. The van der Waals surface area contributed by atoms with E-state index in [1.807, 2.05) is 0 Å². The fourth-order valence-electron chi connectivity index (χ4n) is 1.50. The molecule has 78 valence electrons. The fraction of sp³-hybridized carbons (Fsp3) is 0.875. The second kappa shape index (κ2) is 4.73. The summed E-state index contributed by atoms with van der Waals surface area (Å²) in [7, 11) is -1.52. The zero-order valence-corrected chi connectivity index (χ0v) is 9.58. The topological polar surface area (TPSA) is 89.3 Å². The van der Waals surface area contributed by atoms with Crippen LogP contribution in [-0.2, 0) is 4.79 Å². The molecule has 0 radical (unpaired) electrons. The molecule has 0 aromatic heterocycles. The Morgan fingerprint density at radius 3 is 2.15 bits per heavy atom. The Labute approximate surface area is 80.3 Å². The number of carbonyl (C=O) groups is 1. The van der Waals surface area contributed by atoms with E-state index in [-0.39, 0.29) is 5.54 Å². The van der Waals surface area contributed by atoms with E-state index in [9.17, 15) is 4.79 Å². The summed E-state index contributed by atoms with van der Waals surface area (Å²) in [5.74, 6) is -0.916. The van der Waals surface area contributed by atoms with Crippen molar-refractivity contribution in [3.8, 4) is 0 Å². The molecular weight excluding hydrogens is 184 g/mol. The molecule has 0 aliphatic rings. The highest BCUT2D eigenvalue weighted by Gasteiger charge is 2.34. The molecule has 1 unspecified atom stereocenters. The van der Waals surface area contributed by atoms with Crippen LogP contribution in [0.15, 0.2) is 0 Å². The molecule has 13 heavy (non-hydrogen) atoms. The maximum atomic E-state index is 10.7. The highest BCUT2D eigenvalue weighted by Crippen LogP contribution is 2.27. The molecule has 0 aliphatic heterocycles. The molecule has 0 heterocycles. The van der Waals surface area contributed by atoms with Crippen LogP contribution in [0.4, 0.5) is 0 Å². The van der Waals surface area contributed by atoms with Crippen molar-refractivity contribution in [1.29, 1.82) is 0 Å². The van der Waals surface area contributed by atoms with Gasteiger partial charge < -0.3 is 16.6 Å². The van der Waals surface area contributed by atoms with E-state index in [2.05, 4.69) is 19.6 Å². The Morgan fingerprint density at radius 2 is 1.92 bits per heavy atom. The molecule has 0 bridgehead atoms. The molecule has 0 fully saturated rings. The van der Waals surface area contributed by atoms with Gasteiger partial charge in [0.05, 0.1) is 0 Å².